The van der Waals surface area contributed by atoms with Gasteiger partial charge in [0.05, 0.1) is 6.67 Å². The van der Waals surface area contributed by atoms with Crippen LogP contribution < -0.4 is 16.0 Å². The summed E-state index contributed by atoms with van der Waals surface area (Å²) in [5.74, 6) is 0. The Kier molecular flexibility index (Phi) is 4.40. The van der Waals surface area contributed by atoms with E-state index in [9.17, 15) is 0 Å². The molecule has 25 heavy (non-hydrogen) atoms. The average molecular weight is 329 g/mol. The highest BCUT2D eigenvalue weighted by molar-refractivity contribution is 5.81. The molecule has 3 N–H and O–H groups in total. The summed E-state index contributed by atoms with van der Waals surface area (Å²) in [5, 5.41) is 10.2. The Balaban J connectivity index is 1.59. The summed E-state index contributed by atoms with van der Waals surface area (Å²) < 4.78 is 0. The van der Waals surface area contributed by atoms with Gasteiger partial charge in [0.15, 0.2) is 0 Å². The molecule has 0 saturated carbocycles. The zero-order valence-corrected chi connectivity index (χ0v) is 14.5. The summed E-state index contributed by atoms with van der Waals surface area (Å²) in [6.45, 7) is 4.79. The predicted octanol–water partition coefficient (Wildman–Crippen LogP) is 3.60. The zero-order valence-electron chi connectivity index (χ0n) is 14.5. The van der Waals surface area contributed by atoms with Crippen molar-refractivity contribution < 1.29 is 0 Å². The summed E-state index contributed by atoms with van der Waals surface area (Å²) in [5.41, 5.74) is 8.92. The molecule has 0 aromatic heterocycles. The van der Waals surface area contributed by atoms with Crippen LogP contribution in [0.2, 0.25) is 0 Å². The maximum Gasteiger partial charge on any atom is 0.0650 e. The molecule has 2 heterocycles. The first-order valence-electron chi connectivity index (χ1n) is 8.76. The van der Waals surface area contributed by atoms with Crippen molar-refractivity contribution in [1.82, 2.24) is 16.0 Å². The van der Waals surface area contributed by atoms with E-state index in [0.717, 1.165) is 19.8 Å². The number of benzene rings is 2. The van der Waals surface area contributed by atoms with Crippen LogP contribution in [0.25, 0.3) is 16.8 Å². The number of rotatable bonds is 3. The minimum absolute atomic E-state index is 0.841. The standard InChI is InChI=1S/C22H23N3/c1-16-11-20(17-5-3-2-4-6-17)14-25-22(16)19-9-7-18(8-10-19)21-12-23-15-24-13-21/h2-12,23-25H,13-15H2,1H3. The minimum atomic E-state index is 0.841. The van der Waals surface area contributed by atoms with E-state index in [-0.39, 0.29) is 0 Å². The molecule has 0 aliphatic carbocycles. The molecule has 3 nitrogen and oxygen atoms in total. The molecule has 2 aromatic carbocycles. The van der Waals surface area contributed by atoms with Crippen molar-refractivity contribution in [2.45, 2.75) is 6.92 Å². The number of hydrogen-bond acceptors (Lipinski definition) is 3. The number of hydrogen-bond donors (Lipinski definition) is 3. The Hall–Kier alpha value is -2.78. The van der Waals surface area contributed by atoms with Gasteiger partial charge >= 0.3 is 0 Å². The topological polar surface area (TPSA) is 36.1 Å². The molecule has 126 valence electrons. The maximum absolute atomic E-state index is 3.60. The van der Waals surface area contributed by atoms with Gasteiger partial charge in [-0.3, -0.25) is 5.32 Å². The van der Waals surface area contributed by atoms with Crippen LogP contribution in [-0.4, -0.2) is 19.8 Å². The second-order valence-electron chi connectivity index (χ2n) is 6.50. The van der Waals surface area contributed by atoms with Crippen LogP contribution in [0.15, 0.2) is 72.4 Å². The molecule has 0 fully saturated rings. The van der Waals surface area contributed by atoms with Gasteiger partial charge in [-0.25, -0.2) is 0 Å². The quantitative estimate of drug-likeness (QED) is 0.805. The van der Waals surface area contributed by atoms with E-state index in [1.54, 1.807) is 0 Å². The fourth-order valence-corrected chi connectivity index (χ4v) is 3.41. The van der Waals surface area contributed by atoms with Crippen molar-refractivity contribution in [3.05, 3.63) is 89.1 Å². The van der Waals surface area contributed by atoms with Gasteiger partial charge in [-0.05, 0) is 40.3 Å². The molecule has 2 aliphatic rings. The van der Waals surface area contributed by atoms with Crippen LogP contribution in [0.5, 0.6) is 0 Å². The van der Waals surface area contributed by atoms with E-state index < -0.39 is 0 Å². The molecule has 2 aromatic rings. The lowest BCUT2D eigenvalue weighted by Crippen LogP contribution is -2.31. The normalized spacial score (nSPS) is 17.3. The lowest BCUT2D eigenvalue weighted by atomic mass is 9.95. The van der Waals surface area contributed by atoms with Crippen LogP contribution in [0.1, 0.15) is 23.6 Å². The highest BCUT2D eigenvalue weighted by Gasteiger charge is 2.13. The van der Waals surface area contributed by atoms with Crippen molar-refractivity contribution in [3.8, 4) is 0 Å². The van der Waals surface area contributed by atoms with E-state index in [1.165, 1.54) is 39.1 Å². The van der Waals surface area contributed by atoms with Gasteiger partial charge in [0.1, 0.15) is 0 Å². The van der Waals surface area contributed by atoms with Gasteiger partial charge in [0, 0.05) is 25.0 Å². The Morgan fingerprint density at radius 2 is 1.48 bits per heavy atom. The van der Waals surface area contributed by atoms with Gasteiger partial charge < -0.3 is 10.6 Å². The molecule has 0 bridgehead atoms. The fourth-order valence-electron chi connectivity index (χ4n) is 3.41. The van der Waals surface area contributed by atoms with E-state index in [2.05, 4.69) is 89.7 Å². The van der Waals surface area contributed by atoms with Gasteiger partial charge in [0.2, 0.25) is 0 Å². The van der Waals surface area contributed by atoms with Crippen LogP contribution in [-0.2, 0) is 0 Å². The predicted molar refractivity (Wildman–Crippen MR) is 105 cm³/mol. The summed E-state index contributed by atoms with van der Waals surface area (Å²) in [7, 11) is 0. The van der Waals surface area contributed by atoms with Crippen molar-refractivity contribution in [3.63, 3.8) is 0 Å². The van der Waals surface area contributed by atoms with Crippen molar-refractivity contribution in [2.75, 3.05) is 19.8 Å². The lowest BCUT2D eigenvalue weighted by molar-refractivity contribution is 0.678. The highest BCUT2D eigenvalue weighted by Crippen LogP contribution is 2.27. The second-order valence-corrected chi connectivity index (χ2v) is 6.50. The molecule has 3 heteroatoms. The molecule has 4 rings (SSSR count). The second kappa shape index (κ2) is 6.99. The third-order valence-electron chi connectivity index (χ3n) is 4.75. The minimum Gasteiger partial charge on any atom is -0.380 e. The van der Waals surface area contributed by atoms with E-state index in [0.29, 0.717) is 0 Å². The monoisotopic (exact) mass is 329 g/mol. The summed E-state index contributed by atoms with van der Waals surface area (Å²) in [6.07, 6.45) is 4.40. The molecule has 0 amide bonds. The number of dihydropyridines is 1. The van der Waals surface area contributed by atoms with Crippen LogP contribution in [0, 0.1) is 0 Å². The molecule has 0 radical (unpaired) electrons. The Bertz CT molecular complexity index is 843. The highest BCUT2D eigenvalue weighted by atomic mass is 15.1. The molecule has 0 spiro atoms. The fraction of sp³-hybridized carbons (Fsp3) is 0.182. The van der Waals surface area contributed by atoms with E-state index >= 15 is 0 Å². The van der Waals surface area contributed by atoms with Gasteiger partial charge in [-0.2, -0.15) is 0 Å². The largest absolute Gasteiger partial charge is 0.380 e. The zero-order chi connectivity index (χ0) is 17.1. The molecule has 2 aliphatic heterocycles. The van der Waals surface area contributed by atoms with Crippen molar-refractivity contribution in [2.24, 2.45) is 0 Å². The van der Waals surface area contributed by atoms with Crippen molar-refractivity contribution >= 4 is 16.8 Å². The van der Waals surface area contributed by atoms with Crippen molar-refractivity contribution in [1.29, 1.82) is 0 Å². The summed E-state index contributed by atoms with van der Waals surface area (Å²) >= 11 is 0. The van der Waals surface area contributed by atoms with E-state index in [4.69, 9.17) is 0 Å². The Labute approximate surface area is 149 Å². The van der Waals surface area contributed by atoms with Crippen LogP contribution in [0.4, 0.5) is 0 Å². The van der Waals surface area contributed by atoms with Gasteiger partial charge in [0.25, 0.3) is 0 Å². The Morgan fingerprint density at radius 3 is 2.16 bits per heavy atom. The molecule has 0 saturated heterocycles. The maximum atomic E-state index is 3.60. The summed E-state index contributed by atoms with van der Waals surface area (Å²) in [6, 6.07) is 19.4. The third kappa shape index (κ3) is 3.37. The molecular weight excluding hydrogens is 306 g/mol. The SMILES string of the molecule is CC1=C(c2ccc(C3=CNCNC3)cc2)NCC(c2ccccc2)=C1. The van der Waals surface area contributed by atoms with Crippen LogP contribution >= 0.6 is 0 Å². The summed E-state index contributed by atoms with van der Waals surface area (Å²) in [4.78, 5) is 0. The number of allylic oxidation sites excluding steroid dienone is 2. The van der Waals surface area contributed by atoms with Gasteiger partial charge in [-0.15, -0.1) is 0 Å². The Morgan fingerprint density at radius 1 is 0.760 bits per heavy atom. The molecule has 0 unspecified atom stereocenters. The third-order valence-corrected chi connectivity index (χ3v) is 4.75. The lowest BCUT2D eigenvalue weighted by Gasteiger charge is -2.22. The first-order valence-corrected chi connectivity index (χ1v) is 8.76. The first kappa shape index (κ1) is 15.7. The molecule has 0 atom stereocenters. The smallest absolute Gasteiger partial charge is 0.0650 e. The van der Waals surface area contributed by atoms with Gasteiger partial charge in [-0.1, -0.05) is 60.7 Å². The first-order chi connectivity index (χ1) is 12.3. The van der Waals surface area contributed by atoms with E-state index in [1.807, 2.05) is 0 Å². The van der Waals surface area contributed by atoms with Crippen LogP contribution in [0.3, 0.4) is 0 Å². The number of nitrogens with one attached hydrogen (secondary N) is 3. The molecular formula is C22H23N3. The average Bonchev–Trinajstić information content (AvgIpc) is 2.69.